The van der Waals surface area contributed by atoms with Crippen molar-refractivity contribution in [2.45, 2.75) is 19.0 Å². The van der Waals surface area contributed by atoms with Gasteiger partial charge < -0.3 is 21.3 Å². The molecule has 0 aromatic carbocycles. The van der Waals surface area contributed by atoms with Crippen molar-refractivity contribution in [3.63, 3.8) is 0 Å². The standard InChI is InChI=1S/C6H16N2O2/c1-5(7)6(4-10)8-2-3-9/h5-6,8-10H,2-4,7H2,1H3. The molecular formula is C6H16N2O2. The summed E-state index contributed by atoms with van der Waals surface area (Å²) in [4.78, 5) is 0. The molecule has 0 radical (unpaired) electrons. The molecule has 4 heteroatoms. The third-order valence-corrected chi connectivity index (χ3v) is 1.35. The highest BCUT2D eigenvalue weighted by Crippen LogP contribution is 1.86. The molecule has 0 spiro atoms. The lowest BCUT2D eigenvalue weighted by Crippen LogP contribution is -2.46. The summed E-state index contributed by atoms with van der Waals surface area (Å²) < 4.78 is 0. The van der Waals surface area contributed by atoms with Crippen molar-refractivity contribution in [1.29, 1.82) is 0 Å². The van der Waals surface area contributed by atoms with E-state index in [1.807, 2.05) is 6.92 Å². The van der Waals surface area contributed by atoms with E-state index < -0.39 is 0 Å². The lowest BCUT2D eigenvalue weighted by molar-refractivity contribution is 0.213. The van der Waals surface area contributed by atoms with Crippen LogP contribution in [0.5, 0.6) is 0 Å². The Balaban J connectivity index is 3.40. The maximum absolute atomic E-state index is 8.70. The van der Waals surface area contributed by atoms with Gasteiger partial charge in [-0.25, -0.2) is 0 Å². The molecule has 2 atom stereocenters. The molecule has 0 saturated heterocycles. The number of hydrogen-bond donors (Lipinski definition) is 4. The van der Waals surface area contributed by atoms with E-state index in [0.717, 1.165) is 0 Å². The number of aliphatic hydroxyl groups is 2. The maximum atomic E-state index is 8.70. The Morgan fingerprint density at radius 2 is 2.10 bits per heavy atom. The van der Waals surface area contributed by atoms with Crippen LogP contribution in [0.25, 0.3) is 0 Å². The van der Waals surface area contributed by atoms with Gasteiger partial charge in [0, 0.05) is 18.6 Å². The van der Waals surface area contributed by atoms with Crippen LogP contribution in [0.15, 0.2) is 0 Å². The van der Waals surface area contributed by atoms with Crippen molar-refractivity contribution in [2.75, 3.05) is 19.8 Å². The van der Waals surface area contributed by atoms with E-state index in [-0.39, 0.29) is 25.3 Å². The Kier molecular flexibility index (Phi) is 5.52. The molecule has 62 valence electrons. The van der Waals surface area contributed by atoms with Crippen LogP contribution in [0, 0.1) is 0 Å². The average molecular weight is 148 g/mol. The minimum absolute atomic E-state index is 0.0116. The predicted molar refractivity (Wildman–Crippen MR) is 39.6 cm³/mol. The van der Waals surface area contributed by atoms with Crippen LogP contribution in [0.2, 0.25) is 0 Å². The van der Waals surface area contributed by atoms with Gasteiger partial charge in [0.05, 0.1) is 13.2 Å². The highest BCUT2D eigenvalue weighted by molar-refractivity contribution is 4.73. The van der Waals surface area contributed by atoms with Crippen molar-refractivity contribution < 1.29 is 10.2 Å². The van der Waals surface area contributed by atoms with E-state index in [9.17, 15) is 0 Å². The van der Waals surface area contributed by atoms with Crippen LogP contribution >= 0.6 is 0 Å². The number of rotatable bonds is 5. The molecule has 10 heavy (non-hydrogen) atoms. The largest absolute Gasteiger partial charge is 0.395 e. The summed E-state index contributed by atoms with van der Waals surface area (Å²) in [5, 5.41) is 20.0. The molecule has 0 heterocycles. The SMILES string of the molecule is CC(N)C(CO)NCCO. The van der Waals surface area contributed by atoms with Crippen LogP contribution in [-0.2, 0) is 0 Å². The fourth-order valence-corrected chi connectivity index (χ4v) is 0.667. The van der Waals surface area contributed by atoms with Crippen molar-refractivity contribution in [2.24, 2.45) is 5.73 Å². The van der Waals surface area contributed by atoms with Crippen LogP contribution in [-0.4, -0.2) is 42.1 Å². The second-order valence-electron chi connectivity index (χ2n) is 2.33. The van der Waals surface area contributed by atoms with Crippen LogP contribution in [0.1, 0.15) is 6.92 Å². The summed E-state index contributed by atoms with van der Waals surface area (Å²) in [5.41, 5.74) is 5.48. The van der Waals surface area contributed by atoms with Gasteiger partial charge in [-0.1, -0.05) is 0 Å². The quantitative estimate of drug-likeness (QED) is 0.374. The molecule has 0 aliphatic rings. The van der Waals surface area contributed by atoms with Crippen LogP contribution < -0.4 is 11.1 Å². The van der Waals surface area contributed by atoms with Crippen molar-refractivity contribution in [3.8, 4) is 0 Å². The molecular weight excluding hydrogens is 132 g/mol. The van der Waals surface area contributed by atoms with Gasteiger partial charge in [-0.2, -0.15) is 0 Å². The van der Waals surface area contributed by atoms with Gasteiger partial charge in [0.25, 0.3) is 0 Å². The molecule has 5 N–H and O–H groups in total. The van der Waals surface area contributed by atoms with Gasteiger partial charge in [0.15, 0.2) is 0 Å². The van der Waals surface area contributed by atoms with Crippen molar-refractivity contribution >= 4 is 0 Å². The molecule has 0 aliphatic carbocycles. The Morgan fingerprint density at radius 3 is 2.40 bits per heavy atom. The summed E-state index contributed by atoms with van der Waals surface area (Å²) in [6, 6.07) is -0.191. The molecule has 0 fully saturated rings. The smallest absolute Gasteiger partial charge is 0.0599 e. The molecule has 4 nitrogen and oxygen atoms in total. The molecule has 0 amide bonds. The second-order valence-corrected chi connectivity index (χ2v) is 2.33. The summed E-state index contributed by atoms with van der Waals surface area (Å²) in [5.74, 6) is 0. The maximum Gasteiger partial charge on any atom is 0.0599 e. The second kappa shape index (κ2) is 5.61. The zero-order valence-corrected chi connectivity index (χ0v) is 6.25. The van der Waals surface area contributed by atoms with Crippen LogP contribution in [0.3, 0.4) is 0 Å². The highest BCUT2D eigenvalue weighted by Gasteiger charge is 2.09. The molecule has 0 saturated carbocycles. The normalized spacial score (nSPS) is 16.8. The number of nitrogens with one attached hydrogen (secondary N) is 1. The number of aliphatic hydroxyl groups excluding tert-OH is 2. The summed E-state index contributed by atoms with van der Waals surface area (Å²) in [7, 11) is 0. The molecule has 0 aliphatic heterocycles. The third-order valence-electron chi connectivity index (χ3n) is 1.35. The first-order chi connectivity index (χ1) is 4.72. The average Bonchev–Trinajstić information content (AvgIpc) is 1.89. The molecule has 0 rings (SSSR count). The first-order valence-corrected chi connectivity index (χ1v) is 3.43. The monoisotopic (exact) mass is 148 g/mol. The van der Waals surface area contributed by atoms with E-state index in [2.05, 4.69) is 5.32 Å². The first kappa shape index (κ1) is 9.84. The zero-order valence-electron chi connectivity index (χ0n) is 6.25. The summed E-state index contributed by atoms with van der Waals surface area (Å²) in [6.07, 6.45) is 0. The first-order valence-electron chi connectivity index (χ1n) is 3.43. The minimum Gasteiger partial charge on any atom is -0.395 e. The van der Waals surface area contributed by atoms with Gasteiger partial charge in [-0.15, -0.1) is 0 Å². The van der Waals surface area contributed by atoms with Gasteiger partial charge in [-0.3, -0.25) is 0 Å². The fourth-order valence-electron chi connectivity index (χ4n) is 0.667. The van der Waals surface area contributed by atoms with Crippen molar-refractivity contribution in [1.82, 2.24) is 5.32 Å². The fraction of sp³-hybridized carbons (Fsp3) is 1.00. The van der Waals surface area contributed by atoms with E-state index in [1.165, 1.54) is 0 Å². The molecule has 0 aromatic heterocycles. The van der Waals surface area contributed by atoms with Gasteiger partial charge in [0.1, 0.15) is 0 Å². The molecule has 0 bridgehead atoms. The zero-order chi connectivity index (χ0) is 7.98. The Morgan fingerprint density at radius 1 is 1.50 bits per heavy atom. The Labute approximate surface area is 61.0 Å². The lowest BCUT2D eigenvalue weighted by atomic mass is 10.2. The van der Waals surface area contributed by atoms with E-state index >= 15 is 0 Å². The Bertz CT molecular complexity index is 78.1. The van der Waals surface area contributed by atoms with Gasteiger partial charge in [-0.05, 0) is 6.92 Å². The lowest BCUT2D eigenvalue weighted by Gasteiger charge is -2.18. The molecule has 2 unspecified atom stereocenters. The summed E-state index contributed by atoms with van der Waals surface area (Å²) in [6.45, 7) is 2.37. The Hall–Kier alpha value is -0.160. The number of hydrogen-bond acceptors (Lipinski definition) is 4. The van der Waals surface area contributed by atoms with Crippen molar-refractivity contribution in [3.05, 3.63) is 0 Å². The third kappa shape index (κ3) is 3.79. The highest BCUT2D eigenvalue weighted by atomic mass is 16.3. The summed E-state index contributed by atoms with van der Waals surface area (Å²) >= 11 is 0. The van der Waals surface area contributed by atoms with Gasteiger partial charge in [0.2, 0.25) is 0 Å². The number of nitrogens with two attached hydrogens (primary N) is 1. The van der Waals surface area contributed by atoms with E-state index in [4.69, 9.17) is 15.9 Å². The van der Waals surface area contributed by atoms with Crippen LogP contribution in [0.4, 0.5) is 0 Å². The van der Waals surface area contributed by atoms with Gasteiger partial charge >= 0.3 is 0 Å². The minimum atomic E-state index is -0.104. The molecule has 0 aromatic rings. The van der Waals surface area contributed by atoms with E-state index in [1.54, 1.807) is 0 Å². The van der Waals surface area contributed by atoms with E-state index in [0.29, 0.717) is 6.54 Å². The predicted octanol–water partition coefficient (Wildman–Crippen LogP) is -1.72. The topological polar surface area (TPSA) is 78.5 Å².